The molecule has 0 bridgehead atoms. The van der Waals surface area contributed by atoms with Crippen LogP contribution in [0.1, 0.15) is 36.5 Å². The number of nitrogens with one attached hydrogen (secondary N) is 1. The number of fused-ring (bicyclic) bond motifs is 1. The van der Waals surface area contributed by atoms with E-state index in [4.69, 9.17) is 5.11 Å². The summed E-state index contributed by atoms with van der Waals surface area (Å²) in [6, 6.07) is 37.7. The first-order valence-electron chi connectivity index (χ1n) is 13.2. The summed E-state index contributed by atoms with van der Waals surface area (Å²) in [5.74, 6) is 0. The summed E-state index contributed by atoms with van der Waals surface area (Å²) in [5, 5.41) is 13.3. The predicted octanol–water partition coefficient (Wildman–Crippen LogP) is 6.49. The number of benzene rings is 4. The van der Waals surface area contributed by atoms with E-state index in [9.17, 15) is 0 Å². The van der Waals surface area contributed by atoms with Crippen molar-refractivity contribution in [3.8, 4) is 0 Å². The maximum Gasteiger partial charge on any atom is 0.0319 e. The molecule has 0 spiro atoms. The van der Waals surface area contributed by atoms with Gasteiger partial charge in [0.05, 0.1) is 0 Å². The second kappa shape index (κ2) is 15.9. The summed E-state index contributed by atoms with van der Waals surface area (Å²) in [4.78, 5) is 2.70. The van der Waals surface area contributed by atoms with Crippen LogP contribution in [0, 0.1) is 0 Å². The minimum atomic E-state index is 0.555. The van der Waals surface area contributed by atoms with Crippen LogP contribution in [-0.2, 0) is 19.4 Å². The van der Waals surface area contributed by atoms with Gasteiger partial charge in [-0.15, -0.1) is 0 Å². The lowest BCUT2D eigenvalue weighted by atomic mass is 10.0. The molecule has 0 aliphatic heterocycles. The Labute approximate surface area is 217 Å². The topological polar surface area (TPSA) is 35.5 Å². The molecule has 1 unspecified atom stereocenters. The van der Waals surface area contributed by atoms with Gasteiger partial charge in [0.25, 0.3) is 0 Å². The third-order valence-corrected chi connectivity index (χ3v) is 6.79. The van der Waals surface area contributed by atoms with Crippen molar-refractivity contribution in [3.63, 3.8) is 0 Å². The first kappa shape index (κ1) is 27.6. The minimum absolute atomic E-state index is 0.555. The molecular weight excluding hydrogens is 440 g/mol. The van der Waals surface area contributed by atoms with Gasteiger partial charge in [-0.1, -0.05) is 103 Å². The first-order valence-corrected chi connectivity index (χ1v) is 13.2. The zero-order valence-corrected chi connectivity index (χ0v) is 21.9. The van der Waals surface area contributed by atoms with Crippen molar-refractivity contribution in [1.29, 1.82) is 0 Å². The lowest BCUT2D eigenvalue weighted by Gasteiger charge is -2.29. The summed E-state index contributed by atoms with van der Waals surface area (Å²) in [7, 11) is 1.00. The molecule has 1 atom stereocenters. The standard InChI is InChI=1S/C32H38N2.CH4O/c1-27(20-22-33-26-30-13-6-3-7-14-30)34(23-10-15-28-11-4-2-5-12-28)24-21-29-18-19-31-16-8-9-17-32(31)25-29;1-2/h2-9,11-14,16-19,25,27,33H,10,15,20-24,26H2,1H3;2H,1H3. The molecule has 190 valence electrons. The van der Waals surface area contributed by atoms with E-state index in [0.717, 1.165) is 52.6 Å². The molecule has 3 nitrogen and oxygen atoms in total. The molecular formula is C33H42N2O. The van der Waals surface area contributed by atoms with Crippen LogP contribution in [0.4, 0.5) is 0 Å². The molecule has 0 aromatic heterocycles. The van der Waals surface area contributed by atoms with Gasteiger partial charge in [0.15, 0.2) is 0 Å². The van der Waals surface area contributed by atoms with E-state index in [2.05, 4.69) is 120 Å². The Hall–Kier alpha value is -2.98. The Morgan fingerprint density at radius 3 is 2.03 bits per heavy atom. The Morgan fingerprint density at radius 2 is 1.31 bits per heavy atom. The smallest absolute Gasteiger partial charge is 0.0319 e. The van der Waals surface area contributed by atoms with E-state index in [1.165, 1.54) is 33.9 Å². The van der Waals surface area contributed by atoms with Gasteiger partial charge in [-0.25, -0.2) is 0 Å². The average molecular weight is 483 g/mol. The zero-order valence-electron chi connectivity index (χ0n) is 21.9. The summed E-state index contributed by atoms with van der Waals surface area (Å²) >= 11 is 0. The molecule has 0 amide bonds. The van der Waals surface area contributed by atoms with E-state index >= 15 is 0 Å². The molecule has 0 aliphatic rings. The lowest BCUT2D eigenvalue weighted by Crippen LogP contribution is -2.37. The van der Waals surface area contributed by atoms with Crippen LogP contribution < -0.4 is 5.32 Å². The largest absolute Gasteiger partial charge is 0.400 e. The number of aryl methyl sites for hydroxylation is 1. The van der Waals surface area contributed by atoms with Gasteiger partial charge in [-0.05, 0) is 73.2 Å². The average Bonchev–Trinajstić information content (AvgIpc) is 2.95. The van der Waals surface area contributed by atoms with Gasteiger partial charge in [-0.2, -0.15) is 0 Å². The second-order valence-electron chi connectivity index (χ2n) is 9.36. The highest BCUT2D eigenvalue weighted by Gasteiger charge is 2.14. The van der Waals surface area contributed by atoms with Gasteiger partial charge < -0.3 is 15.3 Å². The predicted molar refractivity (Wildman–Crippen MR) is 154 cm³/mol. The molecule has 0 radical (unpaired) electrons. The van der Waals surface area contributed by atoms with E-state index in [0.29, 0.717) is 6.04 Å². The maximum atomic E-state index is 7.00. The van der Waals surface area contributed by atoms with Crippen molar-refractivity contribution in [3.05, 3.63) is 120 Å². The summed E-state index contributed by atoms with van der Waals surface area (Å²) in [6.07, 6.45) is 4.60. The van der Waals surface area contributed by atoms with Crippen LogP contribution in [0.3, 0.4) is 0 Å². The molecule has 0 aliphatic carbocycles. The molecule has 2 N–H and O–H groups in total. The lowest BCUT2D eigenvalue weighted by molar-refractivity contribution is 0.198. The summed E-state index contributed by atoms with van der Waals surface area (Å²) < 4.78 is 0. The Balaban J connectivity index is 0.00000176. The normalized spacial score (nSPS) is 11.8. The van der Waals surface area contributed by atoms with Gasteiger partial charge in [0.2, 0.25) is 0 Å². The van der Waals surface area contributed by atoms with Crippen molar-refractivity contribution in [2.45, 2.75) is 45.2 Å². The van der Waals surface area contributed by atoms with Crippen molar-refractivity contribution < 1.29 is 5.11 Å². The molecule has 4 aromatic carbocycles. The van der Waals surface area contributed by atoms with Gasteiger partial charge >= 0.3 is 0 Å². The molecule has 0 fully saturated rings. The fraction of sp³-hybridized carbons (Fsp3) is 0.333. The fourth-order valence-corrected chi connectivity index (χ4v) is 4.67. The van der Waals surface area contributed by atoms with E-state index < -0.39 is 0 Å². The van der Waals surface area contributed by atoms with Crippen LogP contribution in [-0.4, -0.2) is 42.8 Å². The van der Waals surface area contributed by atoms with Gasteiger partial charge in [0, 0.05) is 26.2 Å². The SMILES string of the molecule is CC(CCNCc1ccccc1)N(CCCc1ccccc1)CCc1ccc2ccccc2c1.CO. The molecule has 0 saturated heterocycles. The highest BCUT2D eigenvalue weighted by atomic mass is 16.2. The van der Waals surface area contributed by atoms with Crippen molar-refractivity contribution in [2.75, 3.05) is 26.7 Å². The third-order valence-electron chi connectivity index (χ3n) is 6.79. The van der Waals surface area contributed by atoms with Crippen LogP contribution >= 0.6 is 0 Å². The number of aliphatic hydroxyl groups excluding tert-OH is 1. The highest BCUT2D eigenvalue weighted by molar-refractivity contribution is 5.82. The third kappa shape index (κ3) is 9.23. The summed E-state index contributed by atoms with van der Waals surface area (Å²) in [6.45, 7) is 6.63. The monoisotopic (exact) mass is 482 g/mol. The first-order chi connectivity index (χ1) is 17.8. The Kier molecular flexibility index (Phi) is 12.2. The van der Waals surface area contributed by atoms with E-state index in [-0.39, 0.29) is 0 Å². The summed E-state index contributed by atoms with van der Waals surface area (Å²) in [5.41, 5.74) is 4.22. The van der Waals surface area contributed by atoms with Crippen LogP contribution in [0.15, 0.2) is 103 Å². The second-order valence-corrected chi connectivity index (χ2v) is 9.36. The zero-order chi connectivity index (χ0) is 25.4. The number of aliphatic hydroxyl groups is 1. The highest BCUT2D eigenvalue weighted by Crippen LogP contribution is 2.17. The maximum absolute atomic E-state index is 7.00. The van der Waals surface area contributed by atoms with E-state index in [1.54, 1.807) is 0 Å². The van der Waals surface area contributed by atoms with Crippen LogP contribution in [0.2, 0.25) is 0 Å². The molecule has 36 heavy (non-hydrogen) atoms. The molecule has 4 rings (SSSR count). The Bertz CT molecular complexity index is 1110. The van der Waals surface area contributed by atoms with Crippen LogP contribution in [0.25, 0.3) is 10.8 Å². The number of rotatable bonds is 13. The fourth-order valence-electron chi connectivity index (χ4n) is 4.67. The Morgan fingerprint density at radius 1 is 0.667 bits per heavy atom. The van der Waals surface area contributed by atoms with Crippen molar-refractivity contribution >= 4 is 10.8 Å². The molecule has 0 heterocycles. The van der Waals surface area contributed by atoms with Gasteiger partial charge in [0.1, 0.15) is 0 Å². The molecule has 3 heteroatoms. The number of nitrogens with zero attached hydrogens (tertiary/aromatic N) is 1. The number of hydrogen-bond donors (Lipinski definition) is 2. The quantitative estimate of drug-likeness (QED) is 0.214. The molecule has 0 saturated carbocycles. The minimum Gasteiger partial charge on any atom is -0.400 e. The molecule has 4 aromatic rings. The van der Waals surface area contributed by atoms with Crippen molar-refractivity contribution in [2.24, 2.45) is 0 Å². The van der Waals surface area contributed by atoms with Gasteiger partial charge in [-0.3, -0.25) is 0 Å². The van der Waals surface area contributed by atoms with Crippen LogP contribution in [0.5, 0.6) is 0 Å². The van der Waals surface area contributed by atoms with Crippen molar-refractivity contribution in [1.82, 2.24) is 10.2 Å². The van der Waals surface area contributed by atoms with E-state index in [1.807, 2.05) is 0 Å². The number of hydrogen-bond acceptors (Lipinski definition) is 3.